The van der Waals surface area contributed by atoms with E-state index in [2.05, 4.69) is 20.9 Å². The number of aliphatic hydroxyl groups excluding tert-OH is 1. The Hall–Kier alpha value is -2.49. The lowest BCUT2D eigenvalue weighted by atomic mass is 9.91. The van der Waals surface area contributed by atoms with Crippen molar-refractivity contribution in [2.24, 2.45) is 0 Å². The summed E-state index contributed by atoms with van der Waals surface area (Å²) < 4.78 is 13.6. The summed E-state index contributed by atoms with van der Waals surface area (Å²) in [4.78, 5) is 30.4. The summed E-state index contributed by atoms with van der Waals surface area (Å²) in [6.07, 6.45) is 2.70. The summed E-state index contributed by atoms with van der Waals surface area (Å²) >= 11 is 0. The minimum atomic E-state index is -0.981. The van der Waals surface area contributed by atoms with E-state index in [1.54, 1.807) is 24.9 Å². The quantitative estimate of drug-likeness (QED) is 0.456. The highest BCUT2D eigenvalue weighted by Gasteiger charge is 2.48. The van der Waals surface area contributed by atoms with Crippen LogP contribution in [-0.2, 0) is 9.59 Å². The molecule has 162 valence electrons. The number of nitrogens with one attached hydrogen (secondary N) is 4. The van der Waals surface area contributed by atoms with Gasteiger partial charge >= 0.3 is 0 Å². The number of amides is 2. The molecule has 0 saturated carbocycles. The van der Waals surface area contributed by atoms with Crippen LogP contribution in [-0.4, -0.2) is 77.7 Å². The molecule has 5 atom stereocenters. The van der Waals surface area contributed by atoms with Crippen LogP contribution in [0.25, 0.3) is 10.9 Å². The zero-order valence-electron chi connectivity index (χ0n) is 17.1. The Morgan fingerprint density at radius 1 is 1.40 bits per heavy atom. The Kier molecular flexibility index (Phi) is 5.77. The maximum absolute atomic E-state index is 13.6. The van der Waals surface area contributed by atoms with Gasteiger partial charge in [-0.2, -0.15) is 0 Å². The van der Waals surface area contributed by atoms with Gasteiger partial charge in [0, 0.05) is 42.1 Å². The second kappa shape index (κ2) is 8.33. The van der Waals surface area contributed by atoms with Crippen LogP contribution in [0.4, 0.5) is 4.39 Å². The second-order valence-corrected chi connectivity index (χ2v) is 8.12. The molecule has 2 amide bonds. The van der Waals surface area contributed by atoms with Crippen molar-refractivity contribution < 1.29 is 19.1 Å². The van der Waals surface area contributed by atoms with Gasteiger partial charge in [0.25, 0.3) is 0 Å². The van der Waals surface area contributed by atoms with Crippen LogP contribution in [0.1, 0.15) is 24.8 Å². The number of aromatic nitrogens is 1. The van der Waals surface area contributed by atoms with Gasteiger partial charge in [0.05, 0.1) is 18.7 Å². The topological polar surface area (TPSA) is 109 Å². The summed E-state index contributed by atoms with van der Waals surface area (Å²) in [7, 11) is 1.66. The summed E-state index contributed by atoms with van der Waals surface area (Å²) in [5, 5.41) is 19.7. The van der Waals surface area contributed by atoms with Crippen LogP contribution in [0.15, 0.2) is 24.4 Å². The molecule has 0 spiro atoms. The molecule has 3 heterocycles. The molecular formula is C21H28FN5O3. The number of fused-ring (bicyclic) bond motifs is 2. The Balaban J connectivity index is 1.57. The van der Waals surface area contributed by atoms with Crippen LogP contribution in [0, 0.1) is 5.82 Å². The van der Waals surface area contributed by atoms with Gasteiger partial charge in [-0.15, -0.1) is 0 Å². The molecule has 2 fully saturated rings. The molecule has 0 aliphatic carbocycles. The molecule has 2 saturated heterocycles. The van der Waals surface area contributed by atoms with Crippen molar-refractivity contribution in [2.75, 3.05) is 26.7 Å². The van der Waals surface area contributed by atoms with Crippen molar-refractivity contribution in [3.05, 3.63) is 35.8 Å². The van der Waals surface area contributed by atoms with Crippen molar-refractivity contribution >= 4 is 22.7 Å². The number of benzene rings is 1. The number of likely N-dealkylation sites (N-methyl/N-ethyl adjacent to an activating group) is 1. The van der Waals surface area contributed by atoms with E-state index in [0.717, 1.165) is 22.9 Å². The number of carbonyl (C=O) groups is 2. The molecule has 0 radical (unpaired) electrons. The lowest BCUT2D eigenvalue weighted by molar-refractivity contribution is -0.138. The Morgan fingerprint density at radius 2 is 2.20 bits per heavy atom. The van der Waals surface area contributed by atoms with E-state index in [1.165, 1.54) is 12.1 Å². The molecule has 1 aromatic carbocycles. The highest BCUT2D eigenvalue weighted by molar-refractivity contribution is 5.90. The number of carbonyl (C=O) groups excluding carboxylic acids is 2. The molecule has 2 aliphatic rings. The van der Waals surface area contributed by atoms with Crippen molar-refractivity contribution in [3.8, 4) is 0 Å². The molecule has 2 aliphatic heterocycles. The van der Waals surface area contributed by atoms with Crippen LogP contribution in [0.5, 0.6) is 0 Å². The van der Waals surface area contributed by atoms with Crippen molar-refractivity contribution in [1.82, 2.24) is 25.8 Å². The van der Waals surface area contributed by atoms with Crippen LogP contribution >= 0.6 is 0 Å². The van der Waals surface area contributed by atoms with E-state index in [4.69, 9.17) is 0 Å². The van der Waals surface area contributed by atoms with Crippen LogP contribution in [0.3, 0.4) is 0 Å². The van der Waals surface area contributed by atoms with Crippen molar-refractivity contribution in [1.29, 1.82) is 0 Å². The number of rotatable bonds is 6. The van der Waals surface area contributed by atoms with Crippen molar-refractivity contribution in [3.63, 3.8) is 0 Å². The van der Waals surface area contributed by atoms with E-state index in [0.29, 0.717) is 13.1 Å². The predicted octanol–water partition coefficient (Wildman–Crippen LogP) is 0.0483. The number of aromatic amines is 1. The number of nitrogens with zero attached hydrogens (tertiary/aromatic N) is 1. The fourth-order valence-corrected chi connectivity index (χ4v) is 4.73. The largest absolute Gasteiger partial charge is 0.394 e. The molecule has 0 unspecified atom stereocenters. The van der Waals surface area contributed by atoms with Crippen LogP contribution in [0.2, 0.25) is 0 Å². The zero-order chi connectivity index (χ0) is 21.4. The minimum Gasteiger partial charge on any atom is -0.394 e. The summed E-state index contributed by atoms with van der Waals surface area (Å²) in [6.45, 7) is 2.50. The van der Waals surface area contributed by atoms with Gasteiger partial charge in [-0.3, -0.25) is 9.59 Å². The lowest BCUT2D eigenvalue weighted by Gasteiger charge is -2.31. The van der Waals surface area contributed by atoms with E-state index in [-0.39, 0.29) is 35.6 Å². The first-order valence-electron chi connectivity index (χ1n) is 10.3. The molecule has 5 N–H and O–H groups in total. The maximum Gasteiger partial charge on any atom is 0.247 e. The third-order valence-electron chi connectivity index (χ3n) is 6.45. The normalized spacial score (nSPS) is 25.3. The van der Waals surface area contributed by atoms with Gasteiger partial charge in [-0.1, -0.05) is 0 Å². The van der Waals surface area contributed by atoms with Gasteiger partial charge in [0.2, 0.25) is 11.8 Å². The fraction of sp³-hybridized carbons (Fsp3) is 0.524. The minimum absolute atomic E-state index is 0.0342. The van der Waals surface area contributed by atoms with Gasteiger partial charge < -0.3 is 30.9 Å². The van der Waals surface area contributed by atoms with E-state index in [9.17, 15) is 19.1 Å². The number of aliphatic hydroxyl groups is 1. The molecule has 4 rings (SSSR count). The average molecular weight is 417 g/mol. The number of H-pyrrole nitrogens is 1. The Bertz CT molecular complexity index is 948. The van der Waals surface area contributed by atoms with Gasteiger partial charge in [0.1, 0.15) is 11.9 Å². The summed E-state index contributed by atoms with van der Waals surface area (Å²) in [6, 6.07) is 3.29. The first-order valence-corrected chi connectivity index (χ1v) is 10.3. The Morgan fingerprint density at radius 3 is 2.93 bits per heavy atom. The lowest BCUT2D eigenvalue weighted by Crippen LogP contribution is -2.55. The molecule has 8 nitrogen and oxygen atoms in total. The Labute approximate surface area is 174 Å². The van der Waals surface area contributed by atoms with Gasteiger partial charge in [-0.25, -0.2) is 4.39 Å². The number of hydrogen-bond acceptors (Lipinski definition) is 5. The van der Waals surface area contributed by atoms with Gasteiger partial charge in [-0.05, 0) is 44.2 Å². The third-order valence-corrected chi connectivity index (χ3v) is 6.45. The maximum atomic E-state index is 13.6. The average Bonchev–Trinajstić information content (AvgIpc) is 3.45. The molecule has 9 heteroatoms. The molecule has 1 aromatic heterocycles. The summed E-state index contributed by atoms with van der Waals surface area (Å²) in [5.41, 5.74) is 1.77. The number of halogens is 1. The van der Waals surface area contributed by atoms with Crippen molar-refractivity contribution in [2.45, 2.75) is 43.4 Å². The fourth-order valence-electron chi connectivity index (χ4n) is 4.73. The highest BCUT2D eigenvalue weighted by Crippen LogP contribution is 2.39. The first kappa shape index (κ1) is 20.8. The predicted molar refractivity (Wildman–Crippen MR) is 110 cm³/mol. The van der Waals surface area contributed by atoms with E-state index in [1.807, 2.05) is 6.20 Å². The number of likely N-dealkylation sites (tertiary alicyclic amines) is 1. The van der Waals surface area contributed by atoms with E-state index < -0.39 is 18.7 Å². The smallest absolute Gasteiger partial charge is 0.247 e. The molecule has 30 heavy (non-hydrogen) atoms. The van der Waals surface area contributed by atoms with Crippen LogP contribution < -0.4 is 16.0 Å². The first-order chi connectivity index (χ1) is 14.4. The molecular weight excluding hydrogens is 389 g/mol. The molecule has 2 aromatic rings. The van der Waals surface area contributed by atoms with E-state index >= 15 is 0 Å². The second-order valence-electron chi connectivity index (χ2n) is 8.12. The highest BCUT2D eigenvalue weighted by atomic mass is 19.1. The molecule has 0 bridgehead atoms. The number of hydrogen-bond donors (Lipinski definition) is 5. The third kappa shape index (κ3) is 3.57. The van der Waals surface area contributed by atoms with Gasteiger partial charge in [0.15, 0.2) is 0 Å². The summed E-state index contributed by atoms with van der Waals surface area (Å²) in [5.74, 6) is -0.873. The standard InChI is InChI=1S/C21H28FN5O3/c1-11(23-2)20(29)26-18(10-28)21(30)27-6-5-16-19(27)15(9-24-16)14-8-25-17-7-12(22)3-4-13(14)17/h3-4,7-8,11,15-16,18-19,23-25,28H,5-6,9-10H2,1-2H3,(H,26,29)/t11-,15+,16+,18-,19+/m0/s1. The SMILES string of the molecule is CN[C@@H](C)C(=O)N[C@@H](CO)C(=O)N1CC[C@H]2NC[C@H](c3c[nH]c4cc(F)ccc34)[C@H]21. The monoisotopic (exact) mass is 417 g/mol. The zero-order valence-corrected chi connectivity index (χ0v) is 17.1.